The number of halogens is 3. The Balaban J connectivity index is 2.94. The molecule has 1 heterocycles. The SMILES string of the molecule is O=C([O-])c1ccn(OS(=O)(=O)C(F)(F)F)n1. The van der Waals surface area contributed by atoms with E-state index in [0.29, 0.717) is 12.3 Å². The van der Waals surface area contributed by atoms with Crippen molar-refractivity contribution < 1.29 is 35.8 Å². The van der Waals surface area contributed by atoms with E-state index >= 15 is 0 Å². The van der Waals surface area contributed by atoms with Crippen molar-refractivity contribution in [2.45, 2.75) is 5.51 Å². The van der Waals surface area contributed by atoms with E-state index in [9.17, 15) is 31.5 Å². The molecule has 0 N–H and O–H groups in total. The van der Waals surface area contributed by atoms with E-state index in [0.717, 1.165) is 0 Å². The van der Waals surface area contributed by atoms with Crippen LogP contribution in [0.4, 0.5) is 13.2 Å². The molecule has 11 heteroatoms. The zero-order valence-corrected chi connectivity index (χ0v) is 7.95. The molecule has 0 aromatic carbocycles. The molecular formula is C5H2F3N2O5S-. The fraction of sp³-hybridized carbons (Fsp3) is 0.200. The summed E-state index contributed by atoms with van der Waals surface area (Å²) in [4.78, 5) is 10.0. The molecule has 0 atom stereocenters. The number of alkyl halides is 3. The molecule has 0 unspecified atom stereocenters. The van der Waals surface area contributed by atoms with Gasteiger partial charge in [-0.25, -0.2) is 0 Å². The van der Waals surface area contributed by atoms with Crippen molar-refractivity contribution in [3.05, 3.63) is 18.0 Å². The summed E-state index contributed by atoms with van der Waals surface area (Å²) in [5.41, 5.74) is -6.39. The van der Waals surface area contributed by atoms with E-state index in [1.165, 1.54) is 0 Å². The molecule has 16 heavy (non-hydrogen) atoms. The predicted octanol–water partition coefficient (Wildman–Crippen LogP) is -1.48. The van der Waals surface area contributed by atoms with Gasteiger partial charge in [-0.05, 0) is 6.07 Å². The van der Waals surface area contributed by atoms with Crippen molar-refractivity contribution >= 4 is 16.1 Å². The van der Waals surface area contributed by atoms with Crippen LogP contribution in [0.25, 0.3) is 0 Å². The van der Waals surface area contributed by atoms with Crippen LogP contribution in [0.5, 0.6) is 0 Å². The Morgan fingerprint density at radius 2 is 2.06 bits per heavy atom. The number of carbonyl (C=O) groups excluding carboxylic acids is 1. The number of aromatic nitrogens is 2. The van der Waals surface area contributed by atoms with Gasteiger partial charge in [0, 0.05) is 0 Å². The van der Waals surface area contributed by atoms with Crippen LogP contribution in [0.1, 0.15) is 10.5 Å². The molecule has 0 fully saturated rings. The van der Waals surface area contributed by atoms with E-state index in [4.69, 9.17) is 0 Å². The molecular weight excluding hydrogens is 257 g/mol. The highest BCUT2D eigenvalue weighted by Crippen LogP contribution is 2.22. The fourth-order valence-electron chi connectivity index (χ4n) is 0.600. The van der Waals surface area contributed by atoms with Gasteiger partial charge in [-0.15, -0.1) is 5.10 Å². The van der Waals surface area contributed by atoms with Crippen LogP contribution in [0.15, 0.2) is 12.3 Å². The Labute approximate surface area is 86.1 Å². The first-order chi connectivity index (χ1) is 7.13. The minimum Gasteiger partial charge on any atom is -0.543 e. The number of carboxylic acid groups (broad SMARTS) is 1. The lowest BCUT2D eigenvalue weighted by Gasteiger charge is -2.07. The number of hydrogen-bond acceptors (Lipinski definition) is 6. The lowest BCUT2D eigenvalue weighted by molar-refractivity contribution is -0.255. The van der Waals surface area contributed by atoms with Crippen molar-refractivity contribution in [1.82, 2.24) is 9.94 Å². The summed E-state index contributed by atoms with van der Waals surface area (Å²) in [6, 6.07) is 0.710. The summed E-state index contributed by atoms with van der Waals surface area (Å²) < 4.78 is 59.7. The van der Waals surface area contributed by atoms with Crippen LogP contribution in [-0.2, 0) is 10.1 Å². The second-order valence-corrected chi connectivity index (χ2v) is 3.89. The van der Waals surface area contributed by atoms with Gasteiger partial charge in [0.2, 0.25) is 0 Å². The second-order valence-electron chi connectivity index (χ2n) is 2.37. The molecule has 0 bridgehead atoms. The number of carbonyl (C=O) groups is 1. The molecule has 90 valence electrons. The van der Waals surface area contributed by atoms with Gasteiger partial charge in [0.1, 0.15) is 5.69 Å². The lowest BCUT2D eigenvalue weighted by Crippen LogP contribution is -2.33. The fourth-order valence-corrected chi connectivity index (χ4v) is 0.969. The standard InChI is InChI=1S/C5H3F3N2O5S/c6-5(7,8)16(13,14)15-10-2-1-3(9-10)4(11)12/h1-2H,(H,11,12)/p-1. The number of carboxylic acids is 1. The zero-order valence-electron chi connectivity index (χ0n) is 7.13. The number of hydrogen-bond donors (Lipinski definition) is 0. The maximum atomic E-state index is 11.8. The Hall–Kier alpha value is -1.78. The van der Waals surface area contributed by atoms with E-state index in [2.05, 4.69) is 9.38 Å². The molecule has 0 aliphatic rings. The molecule has 0 spiro atoms. The van der Waals surface area contributed by atoms with Gasteiger partial charge < -0.3 is 9.90 Å². The van der Waals surface area contributed by atoms with Crippen molar-refractivity contribution in [1.29, 1.82) is 0 Å². The van der Waals surface area contributed by atoms with Crippen LogP contribution in [-0.4, -0.2) is 29.8 Å². The smallest absolute Gasteiger partial charge is 0.536 e. The Morgan fingerprint density at radius 1 is 1.50 bits per heavy atom. The number of aromatic carboxylic acids is 1. The highest BCUT2D eigenvalue weighted by Gasteiger charge is 2.49. The van der Waals surface area contributed by atoms with Crippen LogP contribution in [0.3, 0.4) is 0 Å². The molecule has 0 amide bonds. The van der Waals surface area contributed by atoms with Gasteiger partial charge in [-0.2, -0.15) is 21.6 Å². The monoisotopic (exact) mass is 259 g/mol. The maximum absolute atomic E-state index is 11.8. The summed E-state index contributed by atoms with van der Waals surface area (Å²) >= 11 is 0. The Morgan fingerprint density at radius 3 is 2.44 bits per heavy atom. The Kier molecular flexibility index (Phi) is 2.81. The summed E-state index contributed by atoms with van der Waals surface area (Å²) in [5, 5.41) is 13.0. The molecule has 0 aliphatic heterocycles. The quantitative estimate of drug-likeness (QED) is 0.614. The van der Waals surface area contributed by atoms with Crippen molar-refractivity contribution in [3.8, 4) is 0 Å². The topological polar surface area (TPSA) is 101 Å². The van der Waals surface area contributed by atoms with E-state index in [1.807, 2.05) is 0 Å². The third-order valence-corrected chi connectivity index (χ3v) is 2.15. The highest BCUT2D eigenvalue weighted by molar-refractivity contribution is 7.87. The van der Waals surface area contributed by atoms with Gasteiger partial charge in [0.15, 0.2) is 0 Å². The zero-order chi connectivity index (χ0) is 12.6. The van der Waals surface area contributed by atoms with Crippen molar-refractivity contribution in [2.24, 2.45) is 0 Å². The molecule has 1 rings (SSSR count). The first-order valence-corrected chi connectivity index (χ1v) is 4.82. The van der Waals surface area contributed by atoms with Gasteiger partial charge >= 0.3 is 15.6 Å². The molecule has 0 saturated heterocycles. The van der Waals surface area contributed by atoms with Gasteiger partial charge in [-0.3, -0.25) is 4.28 Å². The van der Waals surface area contributed by atoms with Crippen LogP contribution >= 0.6 is 0 Å². The van der Waals surface area contributed by atoms with Gasteiger partial charge in [0.05, 0.1) is 12.2 Å². The minimum atomic E-state index is -5.88. The number of nitrogens with zero attached hydrogens (tertiary/aromatic N) is 2. The molecule has 1 aromatic rings. The van der Waals surface area contributed by atoms with E-state index < -0.39 is 27.3 Å². The summed E-state index contributed by atoms with van der Waals surface area (Å²) in [6.45, 7) is 0. The van der Waals surface area contributed by atoms with Crippen molar-refractivity contribution in [2.75, 3.05) is 0 Å². The highest BCUT2D eigenvalue weighted by atomic mass is 32.2. The summed E-state index contributed by atoms with van der Waals surface area (Å²) in [5.74, 6) is -1.79. The average molecular weight is 259 g/mol. The van der Waals surface area contributed by atoms with Crippen molar-refractivity contribution in [3.63, 3.8) is 0 Å². The average Bonchev–Trinajstić information content (AvgIpc) is 2.49. The molecule has 0 radical (unpaired) electrons. The summed E-state index contributed by atoms with van der Waals surface area (Å²) in [6.07, 6.45) is 0.578. The largest absolute Gasteiger partial charge is 0.543 e. The number of rotatable bonds is 3. The van der Waals surface area contributed by atoms with E-state index in [1.54, 1.807) is 0 Å². The van der Waals surface area contributed by atoms with Crippen LogP contribution < -0.4 is 9.39 Å². The molecule has 0 saturated carbocycles. The van der Waals surface area contributed by atoms with Gasteiger partial charge in [0.25, 0.3) is 0 Å². The minimum absolute atomic E-state index is 0.145. The molecule has 0 aliphatic carbocycles. The van der Waals surface area contributed by atoms with Crippen LogP contribution in [0, 0.1) is 0 Å². The first-order valence-electron chi connectivity index (χ1n) is 3.42. The Bertz CT molecular complexity index is 504. The van der Waals surface area contributed by atoms with Crippen LogP contribution in [0.2, 0.25) is 0 Å². The van der Waals surface area contributed by atoms with Gasteiger partial charge in [-0.1, -0.05) is 4.85 Å². The second kappa shape index (κ2) is 3.66. The predicted molar refractivity (Wildman–Crippen MR) is 38.1 cm³/mol. The normalized spacial score (nSPS) is 12.4. The summed E-state index contributed by atoms with van der Waals surface area (Å²) in [7, 11) is -5.88. The maximum Gasteiger partial charge on any atom is 0.536 e. The third-order valence-electron chi connectivity index (χ3n) is 1.23. The molecule has 7 nitrogen and oxygen atoms in total. The third kappa shape index (κ3) is 2.42. The lowest BCUT2D eigenvalue weighted by atomic mass is 10.5. The first kappa shape index (κ1) is 12.3. The molecule has 1 aromatic heterocycles. The van der Waals surface area contributed by atoms with E-state index in [-0.39, 0.29) is 4.85 Å².